The second-order valence-corrected chi connectivity index (χ2v) is 4.05. The fourth-order valence-electron chi connectivity index (χ4n) is 1.90. The van der Waals surface area contributed by atoms with Gasteiger partial charge in [0.2, 0.25) is 0 Å². The van der Waals surface area contributed by atoms with E-state index in [4.69, 9.17) is 10.6 Å². The maximum Gasteiger partial charge on any atom is 0.119 e. The van der Waals surface area contributed by atoms with Gasteiger partial charge in [-0.3, -0.25) is 10.5 Å². The Morgan fingerprint density at radius 3 is 2.56 bits per heavy atom. The van der Waals surface area contributed by atoms with Gasteiger partial charge in [0.15, 0.2) is 0 Å². The maximum atomic E-state index is 5.62. The van der Waals surface area contributed by atoms with Crippen LogP contribution in [0.4, 0.5) is 0 Å². The molecule has 5 heteroatoms. The minimum atomic E-state index is -0.0608. The molecule has 1 unspecified atom stereocenters. The molecule has 0 fully saturated rings. The quantitative estimate of drug-likeness (QED) is 0.618. The molecule has 0 saturated carbocycles. The third kappa shape index (κ3) is 2.69. The molecule has 2 aromatic rings. The molecular weight excluding hydrogens is 228 g/mol. The summed E-state index contributed by atoms with van der Waals surface area (Å²) in [7, 11) is 1.88. The van der Waals surface area contributed by atoms with Crippen LogP contribution >= 0.6 is 0 Å². The van der Waals surface area contributed by atoms with Crippen molar-refractivity contribution in [3.8, 4) is 5.75 Å². The number of hydrogen-bond acceptors (Lipinski definition) is 4. The van der Waals surface area contributed by atoms with Crippen LogP contribution in [0.1, 0.15) is 24.1 Å². The average molecular weight is 246 g/mol. The fraction of sp³-hybridized carbons (Fsp3) is 0.308. The molecule has 5 nitrogen and oxygen atoms in total. The van der Waals surface area contributed by atoms with E-state index in [-0.39, 0.29) is 6.04 Å². The summed E-state index contributed by atoms with van der Waals surface area (Å²) >= 11 is 0. The Balaban J connectivity index is 2.22. The van der Waals surface area contributed by atoms with Crippen LogP contribution in [0.15, 0.2) is 36.7 Å². The molecule has 0 radical (unpaired) electrons. The molecule has 0 saturated heterocycles. The summed E-state index contributed by atoms with van der Waals surface area (Å²) in [6.07, 6.45) is 3.75. The zero-order chi connectivity index (χ0) is 13.0. The SMILES string of the molecule is CCOc1ccc(C(NN)c2cnn(C)c2)cc1. The van der Waals surface area contributed by atoms with Crippen molar-refractivity contribution in [3.05, 3.63) is 47.8 Å². The number of rotatable bonds is 5. The first kappa shape index (κ1) is 12.6. The molecule has 1 heterocycles. The lowest BCUT2D eigenvalue weighted by Crippen LogP contribution is -2.28. The first-order valence-electron chi connectivity index (χ1n) is 5.92. The largest absolute Gasteiger partial charge is 0.494 e. The number of aryl methyl sites for hydroxylation is 1. The van der Waals surface area contributed by atoms with Crippen molar-refractivity contribution in [2.75, 3.05) is 6.61 Å². The molecule has 0 bridgehead atoms. The first-order valence-corrected chi connectivity index (χ1v) is 5.92. The fourth-order valence-corrected chi connectivity index (χ4v) is 1.90. The molecule has 0 aliphatic carbocycles. The monoisotopic (exact) mass is 246 g/mol. The van der Waals surface area contributed by atoms with Gasteiger partial charge in [-0.05, 0) is 24.6 Å². The van der Waals surface area contributed by atoms with Crippen LogP contribution in [0.3, 0.4) is 0 Å². The van der Waals surface area contributed by atoms with Gasteiger partial charge in [-0.25, -0.2) is 5.43 Å². The summed E-state index contributed by atoms with van der Waals surface area (Å²) in [6, 6.07) is 7.83. The van der Waals surface area contributed by atoms with Crippen molar-refractivity contribution in [2.24, 2.45) is 12.9 Å². The molecule has 1 aromatic heterocycles. The van der Waals surface area contributed by atoms with Crippen molar-refractivity contribution in [3.63, 3.8) is 0 Å². The summed E-state index contributed by atoms with van der Waals surface area (Å²) in [5, 5.41) is 4.15. The number of hydrazine groups is 1. The van der Waals surface area contributed by atoms with E-state index in [1.54, 1.807) is 10.9 Å². The predicted molar refractivity (Wildman–Crippen MR) is 70.0 cm³/mol. The van der Waals surface area contributed by atoms with Gasteiger partial charge in [0.25, 0.3) is 0 Å². The number of hydrogen-bond donors (Lipinski definition) is 2. The summed E-state index contributed by atoms with van der Waals surface area (Å²) in [5.74, 6) is 6.49. The number of aromatic nitrogens is 2. The van der Waals surface area contributed by atoms with Crippen LogP contribution < -0.4 is 16.0 Å². The van der Waals surface area contributed by atoms with Crippen molar-refractivity contribution < 1.29 is 4.74 Å². The minimum absolute atomic E-state index is 0.0608. The Labute approximate surface area is 107 Å². The standard InChI is InChI=1S/C13H18N4O/c1-3-18-12-6-4-10(5-7-12)13(16-14)11-8-15-17(2)9-11/h4-9,13,16H,3,14H2,1-2H3. The molecule has 0 aliphatic rings. The van der Waals surface area contributed by atoms with Gasteiger partial charge in [-0.2, -0.15) is 5.10 Å². The third-order valence-electron chi connectivity index (χ3n) is 2.75. The lowest BCUT2D eigenvalue weighted by Gasteiger charge is -2.15. The summed E-state index contributed by atoms with van der Waals surface area (Å²) < 4.78 is 7.17. The van der Waals surface area contributed by atoms with Gasteiger partial charge >= 0.3 is 0 Å². The molecule has 3 N–H and O–H groups in total. The highest BCUT2D eigenvalue weighted by molar-refractivity contribution is 5.33. The Kier molecular flexibility index (Phi) is 3.96. The summed E-state index contributed by atoms with van der Waals surface area (Å²) in [5.41, 5.74) is 4.91. The maximum absolute atomic E-state index is 5.62. The van der Waals surface area contributed by atoms with E-state index in [1.807, 2.05) is 44.4 Å². The van der Waals surface area contributed by atoms with Crippen molar-refractivity contribution in [1.29, 1.82) is 0 Å². The highest BCUT2D eigenvalue weighted by Gasteiger charge is 2.13. The van der Waals surface area contributed by atoms with Gasteiger partial charge in [0.05, 0.1) is 18.8 Å². The number of nitrogens with one attached hydrogen (secondary N) is 1. The van der Waals surface area contributed by atoms with E-state index < -0.39 is 0 Å². The van der Waals surface area contributed by atoms with Crippen LogP contribution in [0.2, 0.25) is 0 Å². The molecule has 1 atom stereocenters. The molecular formula is C13H18N4O. The smallest absolute Gasteiger partial charge is 0.119 e. The Hall–Kier alpha value is -1.85. The highest BCUT2D eigenvalue weighted by atomic mass is 16.5. The van der Waals surface area contributed by atoms with Crippen LogP contribution in [0.5, 0.6) is 5.75 Å². The van der Waals surface area contributed by atoms with E-state index in [9.17, 15) is 0 Å². The zero-order valence-corrected chi connectivity index (χ0v) is 10.6. The molecule has 0 spiro atoms. The molecule has 2 rings (SSSR count). The summed E-state index contributed by atoms with van der Waals surface area (Å²) in [4.78, 5) is 0. The number of ether oxygens (including phenoxy) is 1. The third-order valence-corrected chi connectivity index (χ3v) is 2.75. The van der Waals surface area contributed by atoms with Gasteiger partial charge in [-0.1, -0.05) is 12.1 Å². The minimum Gasteiger partial charge on any atom is -0.494 e. The van der Waals surface area contributed by atoms with Gasteiger partial charge in [0.1, 0.15) is 5.75 Å². The second kappa shape index (κ2) is 5.66. The van der Waals surface area contributed by atoms with Crippen molar-refractivity contribution in [2.45, 2.75) is 13.0 Å². The van der Waals surface area contributed by atoms with Gasteiger partial charge in [-0.15, -0.1) is 0 Å². The van der Waals surface area contributed by atoms with E-state index in [2.05, 4.69) is 10.5 Å². The average Bonchev–Trinajstić information content (AvgIpc) is 2.79. The molecule has 0 aliphatic heterocycles. The molecule has 1 aromatic carbocycles. The normalized spacial score (nSPS) is 12.4. The van der Waals surface area contributed by atoms with E-state index in [0.717, 1.165) is 16.9 Å². The summed E-state index contributed by atoms with van der Waals surface area (Å²) in [6.45, 7) is 2.63. The lowest BCUT2D eigenvalue weighted by molar-refractivity contribution is 0.340. The lowest BCUT2D eigenvalue weighted by atomic mass is 10.0. The Bertz CT molecular complexity index is 492. The second-order valence-electron chi connectivity index (χ2n) is 4.05. The van der Waals surface area contributed by atoms with E-state index in [1.165, 1.54) is 0 Å². The molecule has 18 heavy (non-hydrogen) atoms. The van der Waals surface area contributed by atoms with Gasteiger partial charge in [0, 0.05) is 18.8 Å². The number of nitrogens with zero attached hydrogens (tertiary/aromatic N) is 2. The van der Waals surface area contributed by atoms with Crippen LogP contribution in [0, 0.1) is 0 Å². The van der Waals surface area contributed by atoms with Crippen LogP contribution in [-0.2, 0) is 7.05 Å². The molecule has 96 valence electrons. The predicted octanol–water partition coefficient (Wildman–Crippen LogP) is 1.37. The van der Waals surface area contributed by atoms with Gasteiger partial charge < -0.3 is 4.74 Å². The first-order chi connectivity index (χ1) is 8.74. The Morgan fingerprint density at radius 1 is 1.33 bits per heavy atom. The highest BCUT2D eigenvalue weighted by Crippen LogP contribution is 2.23. The van der Waals surface area contributed by atoms with Crippen molar-refractivity contribution in [1.82, 2.24) is 15.2 Å². The van der Waals surface area contributed by atoms with Crippen LogP contribution in [0.25, 0.3) is 0 Å². The van der Waals surface area contributed by atoms with E-state index >= 15 is 0 Å². The topological polar surface area (TPSA) is 65.1 Å². The Morgan fingerprint density at radius 2 is 2.06 bits per heavy atom. The zero-order valence-electron chi connectivity index (χ0n) is 10.6. The number of benzene rings is 1. The van der Waals surface area contributed by atoms with Crippen LogP contribution in [-0.4, -0.2) is 16.4 Å². The van der Waals surface area contributed by atoms with Crippen molar-refractivity contribution >= 4 is 0 Å². The van der Waals surface area contributed by atoms with E-state index in [0.29, 0.717) is 6.61 Å². The molecule has 0 amide bonds. The number of nitrogens with two attached hydrogens (primary N) is 1.